The minimum Gasteiger partial charge on any atom is -0.496 e. The van der Waals surface area contributed by atoms with E-state index in [9.17, 15) is 0 Å². The fraction of sp³-hybridized carbons (Fsp3) is 0.471. The summed E-state index contributed by atoms with van der Waals surface area (Å²) in [5.74, 6) is 1.44. The smallest absolute Gasteiger partial charge is 0.133 e. The Morgan fingerprint density at radius 1 is 1.41 bits per heavy atom. The molecule has 0 N–H and O–H groups in total. The zero-order valence-corrected chi connectivity index (χ0v) is 15.6. The first-order chi connectivity index (χ1) is 10.6. The van der Waals surface area contributed by atoms with Crippen molar-refractivity contribution < 1.29 is 4.74 Å². The molecule has 5 heteroatoms. The summed E-state index contributed by atoms with van der Waals surface area (Å²) >= 11 is 5.46. The molecule has 3 nitrogen and oxygen atoms in total. The molecule has 0 atom stereocenters. The largest absolute Gasteiger partial charge is 0.496 e. The van der Waals surface area contributed by atoms with Gasteiger partial charge in [-0.2, -0.15) is 0 Å². The molecule has 0 saturated carbocycles. The van der Waals surface area contributed by atoms with Gasteiger partial charge in [0.1, 0.15) is 5.75 Å². The fourth-order valence-electron chi connectivity index (χ4n) is 2.83. The van der Waals surface area contributed by atoms with Crippen molar-refractivity contribution in [1.29, 1.82) is 0 Å². The van der Waals surface area contributed by atoms with Crippen LogP contribution in [0.15, 0.2) is 22.0 Å². The number of fused-ring (bicyclic) bond motifs is 1. The standard InChI is InChI=1S/C17H21BrN2OS/c1-11(2)17-19-13(10-22-17)9-20-7-6-14-12(8-20)4-5-15(21-3)16(14)18/h4-5,10-11H,6-9H2,1-3H3. The van der Waals surface area contributed by atoms with Crippen molar-refractivity contribution in [3.63, 3.8) is 0 Å². The van der Waals surface area contributed by atoms with E-state index in [1.807, 2.05) is 6.07 Å². The van der Waals surface area contributed by atoms with Crippen molar-refractivity contribution >= 4 is 27.3 Å². The van der Waals surface area contributed by atoms with E-state index in [0.29, 0.717) is 5.92 Å². The van der Waals surface area contributed by atoms with Crippen molar-refractivity contribution in [2.45, 2.75) is 39.3 Å². The first-order valence-electron chi connectivity index (χ1n) is 7.59. The summed E-state index contributed by atoms with van der Waals surface area (Å²) in [6.07, 6.45) is 1.05. The maximum atomic E-state index is 5.39. The van der Waals surface area contributed by atoms with Crippen LogP contribution in [0, 0.1) is 0 Å². The van der Waals surface area contributed by atoms with Crippen LogP contribution < -0.4 is 4.74 Å². The highest BCUT2D eigenvalue weighted by Crippen LogP contribution is 2.34. The number of aromatic nitrogens is 1. The van der Waals surface area contributed by atoms with E-state index in [2.05, 4.69) is 46.1 Å². The lowest BCUT2D eigenvalue weighted by atomic mass is 9.99. The summed E-state index contributed by atoms with van der Waals surface area (Å²) in [5.41, 5.74) is 3.97. The Kier molecular flexibility index (Phi) is 4.85. The predicted octanol–water partition coefficient (Wildman–Crippen LogP) is 4.60. The molecule has 0 saturated heterocycles. The molecule has 0 spiro atoms. The molecule has 0 amide bonds. The van der Waals surface area contributed by atoms with Crippen LogP contribution in [0.1, 0.15) is 41.6 Å². The number of hydrogen-bond donors (Lipinski definition) is 0. The quantitative estimate of drug-likeness (QED) is 0.774. The average molecular weight is 381 g/mol. The van der Waals surface area contributed by atoms with E-state index in [1.54, 1.807) is 18.4 Å². The number of hydrogen-bond acceptors (Lipinski definition) is 4. The van der Waals surface area contributed by atoms with Crippen molar-refractivity contribution in [2.24, 2.45) is 0 Å². The third kappa shape index (κ3) is 3.21. The number of methoxy groups -OCH3 is 1. The molecule has 1 aromatic carbocycles. The van der Waals surface area contributed by atoms with Crippen molar-refractivity contribution in [3.8, 4) is 5.75 Å². The van der Waals surface area contributed by atoms with Crippen LogP contribution in [0.25, 0.3) is 0 Å². The third-order valence-electron chi connectivity index (χ3n) is 4.05. The van der Waals surface area contributed by atoms with Crippen molar-refractivity contribution in [2.75, 3.05) is 13.7 Å². The van der Waals surface area contributed by atoms with Crippen LogP contribution in [0.4, 0.5) is 0 Å². The minimum atomic E-state index is 0.518. The number of nitrogens with zero attached hydrogens (tertiary/aromatic N) is 2. The van der Waals surface area contributed by atoms with Gasteiger partial charge in [-0.3, -0.25) is 4.90 Å². The first-order valence-corrected chi connectivity index (χ1v) is 9.26. The van der Waals surface area contributed by atoms with Gasteiger partial charge in [-0.25, -0.2) is 4.98 Å². The molecular weight excluding hydrogens is 360 g/mol. The Morgan fingerprint density at radius 2 is 2.23 bits per heavy atom. The van der Waals surface area contributed by atoms with Crippen LogP contribution >= 0.6 is 27.3 Å². The molecule has 118 valence electrons. The first kappa shape index (κ1) is 16.0. The van der Waals surface area contributed by atoms with Gasteiger partial charge in [0.25, 0.3) is 0 Å². The summed E-state index contributed by atoms with van der Waals surface area (Å²) < 4.78 is 6.50. The molecule has 2 aromatic rings. The molecule has 22 heavy (non-hydrogen) atoms. The Morgan fingerprint density at radius 3 is 2.91 bits per heavy atom. The SMILES string of the molecule is COc1ccc2c(c1Br)CCN(Cc1csc(C(C)C)n1)C2. The van der Waals surface area contributed by atoms with E-state index >= 15 is 0 Å². The highest BCUT2D eigenvalue weighted by Gasteiger charge is 2.21. The zero-order chi connectivity index (χ0) is 15.7. The third-order valence-corrected chi connectivity index (χ3v) is 6.11. The van der Waals surface area contributed by atoms with Gasteiger partial charge in [-0.05, 0) is 39.5 Å². The molecule has 1 aliphatic rings. The Labute approximate surface area is 144 Å². The lowest BCUT2D eigenvalue weighted by molar-refractivity contribution is 0.242. The molecule has 3 rings (SSSR count). The average Bonchev–Trinajstić information content (AvgIpc) is 2.96. The molecule has 1 aromatic heterocycles. The van der Waals surface area contributed by atoms with Crippen LogP contribution in [0.5, 0.6) is 5.75 Å². The van der Waals surface area contributed by atoms with Crippen LogP contribution in [0.2, 0.25) is 0 Å². The molecule has 0 fully saturated rings. The number of halogens is 1. The number of ether oxygens (including phenoxy) is 1. The van der Waals surface area contributed by atoms with Gasteiger partial charge < -0.3 is 4.74 Å². The van der Waals surface area contributed by atoms with Crippen LogP contribution in [-0.2, 0) is 19.5 Å². The van der Waals surface area contributed by atoms with Crippen molar-refractivity contribution in [1.82, 2.24) is 9.88 Å². The van der Waals surface area contributed by atoms with Crippen LogP contribution in [-0.4, -0.2) is 23.5 Å². The summed E-state index contributed by atoms with van der Waals surface area (Å²) in [6, 6.07) is 4.23. The van der Waals surface area contributed by atoms with Gasteiger partial charge in [0.15, 0.2) is 0 Å². The molecule has 0 aliphatic carbocycles. The molecule has 0 radical (unpaired) electrons. The number of benzene rings is 1. The number of rotatable bonds is 4. The summed E-state index contributed by atoms with van der Waals surface area (Å²) in [7, 11) is 1.72. The second-order valence-electron chi connectivity index (χ2n) is 6.01. The van der Waals surface area contributed by atoms with Gasteiger partial charge >= 0.3 is 0 Å². The topological polar surface area (TPSA) is 25.4 Å². The van der Waals surface area contributed by atoms with E-state index in [-0.39, 0.29) is 0 Å². The lowest BCUT2D eigenvalue weighted by Crippen LogP contribution is -2.30. The van der Waals surface area contributed by atoms with Gasteiger partial charge in [0.05, 0.1) is 22.3 Å². The maximum Gasteiger partial charge on any atom is 0.133 e. The van der Waals surface area contributed by atoms with E-state index in [4.69, 9.17) is 9.72 Å². The molecule has 1 aliphatic heterocycles. The zero-order valence-electron chi connectivity index (χ0n) is 13.2. The van der Waals surface area contributed by atoms with Gasteiger partial charge in [0, 0.05) is 30.9 Å². The Balaban J connectivity index is 1.73. The molecule has 0 unspecified atom stereocenters. The van der Waals surface area contributed by atoms with E-state index in [1.165, 1.54) is 21.8 Å². The van der Waals surface area contributed by atoms with Gasteiger partial charge in [-0.15, -0.1) is 11.3 Å². The summed E-state index contributed by atoms with van der Waals surface area (Å²) in [4.78, 5) is 7.22. The molecule has 0 bridgehead atoms. The molecule has 2 heterocycles. The lowest BCUT2D eigenvalue weighted by Gasteiger charge is -2.29. The second-order valence-corrected chi connectivity index (χ2v) is 7.69. The normalized spacial score (nSPS) is 15.1. The van der Waals surface area contributed by atoms with Gasteiger partial charge in [0.2, 0.25) is 0 Å². The Bertz CT molecular complexity index is 669. The molecular formula is C17H21BrN2OS. The van der Waals surface area contributed by atoms with Gasteiger partial charge in [-0.1, -0.05) is 19.9 Å². The predicted molar refractivity (Wildman–Crippen MR) is 94.7 cm³/mol. The highest BCUT2D eigenvalue weighted by molar-refractivity contribution is 9.10. The minimum absolute atomic E-state index is 0.518. The van der Waals surface area contributed by atoms with E-state index in [0.717, 1.165) is 36.3 Å². The summed E-state index contributed by atoms with van der Waals surface area (Å²) in [5, 5.41) is 3.44. The van der Waals surface area contributed by atoms with Crippen LogP contribution in [0.3, 0.4) is 0 Å². The maximum absolute atomic E-state index is 5.39. The van der Waals surface area contributed by atoms with E-state index < -0.39 is 0 Å². The number of thiazole rings is 1. The fourth-order valence-corrected chi connectivity index (χ4v) is 4.40. The van der Waals surface area contributed by atoms with Crippen molar-refractivity contribution in [3.05, 3.63) is 43.8 Å². The summed E-state index contributed by atoms with van der Waals surface area (Å²) in [6.45, 7) is 7.38. The Hall–Kier alpha value is -0.910. The highest BCUT2D eigenvalue weighted by atomic mass is 79.9. The second kappa shape index (κ2) is 6.69. The monoisotopic (exact) mass is 380 g/mol.